The molecule has 1 aromatic carbocycles. The molecule has 0 spiro atoms. The lowest BCUT2D eigenvalue weighted by atomic mass is 10.2. The highest BCUT2D eigenvalue weighted by molar-refractivity contribution is 7.89. The molecule has 142 valence electrons. The molecule has 10 heteroatoms. The van der Waals surface area contributed by atoms with E-state index in [4.69, 9.17) is 4.74 Å². The van der Waals surface area contributed by atoms with Gasteiger partial charge in [0.2, 0.25) is 10.0 Å². The van der Waals surface area contributed by atoms with Crippen LogP contribution in [-0.4, -0.2) is 65.8 Å². The topological polar surface area (TPSA) is 106 Å². The molecule has 1 aliphatic rings. The minimum atomic E-state index is -3.77. The first-order valence-corrected chi connectivity index (χ1v) is 9.82. The largest absolute Gasteiger partial charge is 0.444 e. The summed E-state index contributed by atoms with van der Waals surface area (Å²) in [4.78, 5) is 13.8. The number of hydrogen-bond donors (Lipinski definition) is 0. The molecule has 9 nitrogen and oxygen atoms in total. The van der Waals surface area contributed by atoms with Crippen molar-refractivity contribution in [1.29, 1.82) is 0 Å². The quantitative estimate of drug-likeness (QED) is 0.780. The van der Waals surface area contributed by atoms with Gasteiger partial charge in [0, 0.05) is 26.2 Å². The van der Waals surface area contributed by atoms with Gasteiger partial charge in [-0.3, -0.25) is 0 Å². The van der Waals surface area contributed by atoms with Gasteiger partial charge in [0.25, 0.3) is 0 Å². The number of rotatable bonds is 2. The first-order chi connectivity index (χ1) is 12.2. The predicted octanol–water partition coefficient (Wildman–Crippen LogP) is 1.85. The number of fused-ring (bicyclic) bond motifs is 1. The van der Waals surface area contributed by atoms with Crippen molar-refractivity contribution >= 4 is 27.1 Å². The first kappa shape index (κ1) is 18.6. The number of carbonyl (C=O) groups excluding carboxylic acids is 1. The number of aromatic nitrogens is 2. The normalized spacial score (nSPS) is 17.3. The summed E-state index contributed by atoms with van der Waals surface area (Å²) in [5.74, 6) is 0. The fourth-order valence-corrected chi connectivity index (χ4v) is 4.38. The van der Waals surface area contributed by atoms with E-state index < -0.39 is 21.7 Å². The van der Waals surface area contributed by atoms with Crippen LogP contribution >= 0.6 is 0 Å². The summed E-state index contributed by atoms with van der Waals surface area (Å²) in [7, 11) is -3.77. The second-order valence-corrected chi connectivity index (χ2v) is 9.02. The molecule has 0 radical (unpaired) electrons. The second kappa shape index (κ2) is 6.84. The van der Waals surface area contributed by atoms with E-state index in [1.165, 1.54) is 10.4 Å². The molecule has 1 saturated heterocycles. The summed E-state index contributed by atoms with van der Waals surface area (Å²) in [6.45, 7) is 6.59. The smallest absolute Gasteiger partial charge is 0.410 e. The predicted molar refractivity (Wildman–Crippen MR) is 93.0 cm³/mol. The third-order valence-electron chi connectivity index (χ3n) is 3.97. The zero-order valence-electron chi connectivity index (χ0n) is 15.0. The monoisotopic (exact) mass is 382 g/mol. The zero-order valence-corrected chi connectivity index (χ0v) is 15.8. The van der Waals surface area contributed by atoms with Crippen molar-refractivity contribution in [1.82, 2.24) is 19.5 Å². The van der Waals surface area contributed by atoms with Crippen LogP contribution < -0.4 is 0 Å². The van der Waals surface area contributed by atoms with Gasteiger partial charge in [-0.05, 0) is 49.6 Å². The van der Waals surface area contributed by atoms with Crippen molar-refractivity contribution in [2.45, 2.75) is 37.7 Å². The van der Waals surface area contributed by atoms with Gasteiger partial charge in [0.15, 0.2) is 5.52 Å². The van der Waals surface area contributed by atoms with E-state index in [2.05, 4.69) is 14.9 Å². The lowest BCUT2D eigenvalue weighted by Crippen LogP contribution is -2.40. The molecule has 1 fully saturated rings. The molecule has 2 aromatic rings. The standard InChI is InChI=1S/C16H22N4O5S/c1-16(2,3)24-15(21)19-8-5-9-20(11-10-19)26(22,23)13-7-4-6-12-14(13)18-25-17-12/h4,6-7H,5,8-11H2,1-3H3. The molecule has 0 atom stereocenters. The summed E-state index contributed by atoms with van der Waals surface area (Å²) in [6.07, 6.45) is 0.0884. The lowest BCUT2D eigenvalue weighted by Gasteiger charge is -2.26. The van der Waals surface area contributed by atoms with E-state index in [-0.39, 0.29) is 23.5 Å². The highest BCUT2D eigenvalue weighted by atomic mass is 32.2. The highest BCUT2D eigenvalue weighted by Gasteiger charge is 2.31. The fourth-order valence-electron chi connectivity index (χ4n) is 2.77. The van der Waals surface area contributed by atoms with Gasteiger partial charge in [0.05, 0.1) is 0 Å². The number of carbonyl (C=O) groups is 1. The van der Waals surface area contributed by atoms with Crippen LogP contribution in [0.3, 0.4) is 0 Å². The minimum absolute atomic E-state index is 0.0574. The fraction of sp³-hybridized carbons (Fsp3) is 0.562. The first-order valence-electron chi connectivity index (χ1n) is 8.38. The maximum Gasteiger partial charge on any atom is 0.410 e. The Morgan fingerprint density at radius 2 is 1.92 bits per heavy atom. The van der Waals surface area contributed by atoms with Gasteiger partial charge in [-0.1, -0.05) is 6.07 Å². The van der Waals surface area contributed by atoms with Crippen LogP contribution in [0, 0.1) is 0 Å². The molecule has 0 N–H and O–H groups in total. The van der Waals surface area contributed by atoms with E-state index in [1.807, 2.05) is 0 Å². The van der Waals surface area contributed by atoms with Crippen LogP contribution in [0.5, 0.6) is 0 Å². The SMILES string of the molecule is CC(C)(C)OC(=O)N1CCCN(S(=O)(=O)c2cccc3nonc23)CC1. The molecule has 3 rings (SSSR count). The summed E-state index contributed by atoms with van der Waals surface area (Å²) in [6, 6.07) is 4.72. The van der Waals surface area contributed by atoms with Crippen LogP contribution in [0.25, 0.3) is 11.0 Å². The van der Waals surface area contributed by atoms with Crippen LogP contribution in [0.1, 0.15) is 27.2 Å². The minimum Gasteiger partial charge on any atom is -0.444 e. The molecule has 2 heterocycles. The third kappa shape index (κ3) is 3.80. The maximum absolute atomic E-state index is 13.0. The Hall–Kier alpha value is -2.20. The number of sulfonamides is 1. The molecule has 0 unspecified atom stereocenters. The molecule has 0 aliphatic carbocycles. The van der Waals surface area contributed by atoms with Crippen molar-refractivity contribution in [2.24, 2.45) is 0 Å². The zero-order chi connectivity index (χ0) is 18.9. The van der Waals surface area contributed by atoms with Crippen molar-refractivity contribution in [3.05, 3.63) is 18.2 Å². The number of ether oxygens (including phenoxy) is 1. The maximum atomic E-state index is 13.0. The summed E-state index contributed by atoms with van der Waals surface area (Å²) >= 11 is 0. The molecule has 1 aliphatic heterocycles. The lowest BCUT2D eigenvalue weighted by molar-refractivity contribution is 0.0260. The third-order valence-corrected chi connectivity index (χ3v) is 5.90. The molecule has 1 aromatic heterocycles. The molecular formula is C16H22N4O5S. The van der Waals surface area contributed by atoms with Crippen molar-refractivity contribution in [3.63, 3.8) is 0 Å². The van der Waals surface area contributed by atoms with E-state index in [0.29, 0.717) is 25.0 Å². The van der Waals surface area contributed by atoms with Gasteiger partial charge in [0.1, 0.15) is 16.0 Å². The molecule has 0 bridgehead atoms. The summed E-state index contributed by atoms with van der Waals surface area (Å²) in [5.41, 5.74) is 0.00195. The Balaban J connectivity index is 1.78. The Morgan fingerprint density at radius 1 is 1.15 bits per heavy atom. The van der Waals surface area contributed by atoms with Crippen molar-refractivity contribution < 1.29 is 22.6 Å². The Kier molecular flexibility index (Phi) is 4.89. The van der Waals surface area contributed by atoms with Gasteiger partial charge in [-0.2, -0.15) is 4.31 Å². The van der Waals surface area contributed by atoms with Crippen LogP contribution in [0.15, 0.2) is 27.7 Å². The van der Waals surface area contributed by atoms with Crippen LogP contribution in [0.4, 0.5) is 4.79 Å². The second-order valence-electron chi connectivity index (χ2n) is 7.11. The highest BCUT2D eigenvalue weighted by Crippen LogP contribution is 2.24. The average molecular weight is 382 g/mol. The number of nitrogens with zero attached hydrogens (tertiary/aromatic N) is 4. The average Bonchev–Trinajstić information content (AvgIpc) is 2.87. The Bertz CT molecular complexity index is 903. The van der Waals surface area contributed by atoms with Crippen molar-refractivity contribution in [2.75, 3.05) is 26.2 Å². The van der Waals surface area contributed by atoms with Gasteiger partial charge in [-0.15, -0.1) is 0 Å². The van der Waals surface area contributed by atoms with E-state index in [9.17, 15) is 13.2 Å². The summed E-state index contributed by atoms with van der Waals surface area (Å²) < 4.78 is 37.5. The molecule has 26 heavy (non-hydrogen) atoms. The Morgan fingerprint density at radius 3 is 2.65 bits per heavy atom. The number of benzene rings is 1. The van der Waals surface area contributed by atoms with Gasteiger partial charge < -0.3 is 9.64 Å². The van der Waals surface area contributed by atoms with E-state index in [1.54, 1.807) is 37.8 Å². The van der Waals surface area contributed by atoms with Gasteiger partial charge >= 0.3 is 6.09 Å². The molecule has 0 saturated carbocycles. The Labute approximate surface area is 151 Å². The summed E-state index contributed by atoms with van der Waals surface area (Å²) in [5, 5.41) is 7.40. The van der Waals surface area contributed by atoms with E-state index >= 15 is 0 Å². The molecule has 1 amide bonds. The molecular weight excluding hydrogens is 360 g/mol. The number of hydrogen-bond acceptors (Lipinski definition) is 7. The number of amides is 1. The van der Waals surface area contributed by atoms with Crippen molar-refractivity contribution in [3.8, 4) is 0 Å². The van der Waals surface area contributed by atoms with Crippen LogP contribution in [-0.2, 0) is 14.8 Å². The van der Waals surface area contributed by atoms with Crippen LogP contribution in [0.2, 0.25) is 0 Å². The van der Waals surface area contributed by atoms with E-state index in [0.717, 1.165) is 0 Å². The van der Waals surface area contributed by atoms with Gasteiger partial charge in [-0.25, -0.2) is 17.8 Å².